The predicted octanol–water partition coefficient (Wildman–Crippen LogP) is 3.89. The van der Waals surface area contributed by atoms with E-state index in [1.165, 1.54) is 0 Å². The van der Waals surface area contributed by atoms with Gasteiger partial charge < -0.3 is 14.5 Å². The largest absolute Gasteiger partial charge is 0.507 e. The minimum Gasteiger partial charge on any atom is -0.507 e. The lowest BCUT2D eigenvalue weighted by Crippen LogP contribution is -2.17. The molecule has 6 nitrogen and oxygen atoms in total. The van der Waals surface area contributed by atoms with Crippen LogP contribution in [0.4, 0.5) is 5.82 Å². The van der Waals surface area contributed by atoms with Crippen molar-refractivity contribution in [3.05, 3.63) is 41.1 Å². The Hall–Kier alpha value is -2.89. The summed E-state index contributed by atoms with van der Waals surface area (Å²) >= 11 is 0. The maximum absolute atomic E-state index is 9.92. The molecule has 6 heteroatoms. The first kappa shape index (κ1) is 17.0. The zero-order valence-corrected chi connectivity index (χ0v) is 15.2. The molecule has 0 radical (unpaired) electrons. The van der Waals surface area contributed by atoms with E-state index < -0.39 is 0 Å². The first-order valence-electron chi connectivity index (χ1n) is 8.23. The average Bonchev–Trinajstić information content (AvgIpc) is 3.08. The summed E-state index contributed by atoms with van der Waals surface area (Å²) in [5.41, 5.74) is 4.12. The van der Waals surface area contributed by atoms with Gasteiger partial charge in [0.1, 0.15) is 11.6 Å². The second-order valence-corrected chi connectivity index (χ2v) is 6.25. The van der Waals surface area contributed by atoms with Crippen molar-refractivity contribution in [2.24, 2.45) is 0 Å². The molecule has 0 saturated heterocycles. The number of hydrogen-bond donors (Lipinski definition) is 1. The zero-order chi connectivity index (χ0) is 18.1. The Morgan fingerprint density at radius 1 is 1.00 bits per heavy atom. The molecule has 1 N–H and O–H groups in total. The first-order valence-corrected chi connectivity index (χ1v) is 8.23. The van der Waals surface area contributed by atoms with Crippen LogP contribution in [0.5, 0.6) is 5.75 Å². The molecular formula is C19H22N4O2. The van der Waals surface area contributed by atoms with Crippen LogP contribution < -0.4 is 4.90 Å². The van der Waals surface area contributed by atoms with Crippen LogP contribution in [-0.4, -0.2) is 33.8 Å². The number of hydrogen-bond acceptors (Lipinski definition) is 6. The summed E-state index contributed by atoms with van der Waals surface area (Å²) < 4.78 is 5.47. The number of nitrogens with zero attached hydrogens (tertiary/aromatic N) is 4. The molecule has 0 aliphatic heterocycles. The molecule has 130 valence electrons. The van der Waals surface area contributed by atoms with Crippen molar-refractivity contribution in [1.82, 2.24) is 15.1 Å². The second kappa shape index (κ2) is 6.55. The summed E-state index contributed by atoms with van der Waals surface area (Å²) in [6.45, 7) is 8.58. The highest BCUT2D eigenvalue weighted by atomic mass is 16.5. The van der Waals surface area contributed by atoms with E-state index in [0.29, 0.717) is 17.5 Å². The predicted molar refractivity (Wildman–Crippen MR) is 97.8 cm³/mol. The van der Waals surface area contributed by atoms with Gasteiger partial charge in [0.2, 0.25) is 5.82 Å². The van der Waals surface area contributed by atoms with Crippen molar-refractivity contribution < 1.29 is 9.63 Å². The van der Waals surface area contributed by atoms with Gasteiger partial charge in [-0.25, -0.2) is 4.98 Å². The molecule has 0 unspecified atom stereocenters. The van der Waals surface area contributed by atoms with Crippen LogP contribution in [0.3, 0.4) is 0 Å². The van der Waals surface area contributed by atoms with Gasteiger partial charge in [-0.05, 0) is 63.1 Å². The molecular weight excluding hydrogens is 316 g/mol. The third-order valence-electron chi connectivity index (χ3n) is 4.23. The number of aromatic nitrogens is 3. The van der Waals surface area contributed by atoms with Crippen LogP contribution in [0.15, 0.2) is 28.8 Å². The number of aryl methyl sites for hydroxylation is 3. The number of rotatable bonds is 4. The van der Waals surface area contributed by atoms with Crippen LogP contribution in [-0.2, 0) is 0 Å². The maximum Gasteiger partial charge on any atom is 0.258 e. The summed E-state index contributed by atoms with van der Waals surface area (Å²) in [6, 6.07) is 7.58. The molecule has 2 heterocycles. The summed E-state index contributed by atoms with van der Waals surface area (Å²) in [6.07, 6.45) is 0. The Morgan fingerprint density at radius 2 is 1.68 bits per heavy atom. The summed E-state index contributed by atoms with van der Waals surface area (Å²) in [5, 5.41) is 14.0. The fourth-order valence-corrected chi connectivity index (χ4v) is 2.68. The third kappa shape index (κ3) is 3.33. The van der Waals surface area contributed by atoms with Crippen molar-refractivity contribution in [3.63, 3.8) is 0 Å². The molecule has 0 fully saturated rings. The highest BCUT2D eigenvalue weighted by Gasteiger charge is 2.15. The van der Waals surface area contributed by atoms with Crippen LogP contribution in [0.1, 0.15) is 23.7 Å². The smallest absolute Gasteiger partial charge is 0.258 e. The third-order valence-corrected chi connectivity index (χ3v) is 4.23. The molecule has 2 aromatic heterocycles. The zero-order valence-electron chi connectivity index (χ0n) is 15.2. The minimum atomic E-state index is 0.296. The van der Waals surface area contributed by atoms with Gasteiger partial charge in [0.05, 0.1) is 0 Å². The SMILES string of the molecule is CCN(C)c1cc(-c2nc(-c3cc(C)c(O)c(C)c3)no2)cc(C)n1. The van der Waals surface area contributed by atoms with E-state index in [-0.39, 0.29) is 0 Å². The summed E-state index contributed by atoms with van der Waals surface area (Å²) in [5.74, 6) is 2.12. The summed E-state index contributed by atoms with van der Waals surface area (Å²) in [4.78, 5) is 11.1. The lowest BCUT2D eigenvalue weighted by Gasteiger charge is -2.16. The topological polar surface area (TPSA) is 75.3 Å². The minimum absolute atomic E-state index is 0.296. The standard InChI is InChI=1S/C19H22N4O2/c1-6-23(5)16-10-15(9-13(4)20-16)19-21-18(22-25-19)14-7-11(2)17(24)12(3)8-14/h7-10,24H,6H2,1-5H3. The molecule has 0 aliphatic rings. The highest BCUT2D eigenvalue weighted by molar-refractivity contribution is 5.65. The Kier molecular flexibility index (Phi) is 4.44. The Labute approximate surface area is 147 Å². The average molecular weight is 338 g/mol. The summed E-state index contributed by atoms with van der Waals surface area (Å²) in [7, 11) is 1.99. The Morgan fingerprint density at radius 3 is 2.32 bits per heavy atom. The highest BCUT2D eigenvalue weighted by Crippen LogP contribution is 2.29. The molecule has 0 bridgehead atoms. The molecule has 0 spiro atoms. The van der Waals surface area contributed by atoms with E-state index in [4.69, 9.17) is 4.52 Å². The lowest BCUT2D eigenvalue weighted by atomic mass is 10.1. The van der Waals surface area contributed by atoms with Crippen LogP contribution in [0.2, 0.25) is 0 Å². The number of aromatic hydroxyl groups is 1. The normalized spacial score (nSPS) is 10.9. The van der Waals surface area contributed by atoms with E-state index in [1.54, 1.807) is 0 Å². The van der Waals surface area contributed by atoms with Gasteiger partial charge in [-0.2, -0.15) is 4.98 Å². The van der Waals surface area contributed by atoms with E-state index in [2.05, 4.69) is 26.9 Å². The van der Waals surface area contributed by atoms with Crippen molar-refractivity contribution in [1.29, 1.82) is 0 Å². The fraction of sp³-hybridized carbons (Fsp3) is 0.316. The van der Waals surface area contributed by atoms with Gasteiger partial charge in [0.25, 0.3) is 5.89 Å². The quantitative estimate of drug-likeness (QED) is 0.778. The van der Waals surface area contributed by atoms with Crippen molar-refractivity contribution in [3.8, 4) is 28.6 Å². The molecule has 0 atom stereocenters. The number of phenols is 1. The Balaban J connectivity index is 2.01. The molecule has 3 rings (SSSR count). The van der Waals surface area contributed by atoms with E-state index in [9.17, 15) is 5.11 Å². The Bertz CT molecular complexity index is 895. The maximum atomic E-state index is 9.92. The van der Waals surface area contributed by atoms with E-state index in [0.717, 1.165) is 40.3 Å². The number of benzene rings is 1. The molecule has 0 amide bonds. The van der Waals surface area contributed by atoms with Crippen LogP contribution in [0, 0.1) is 20.8 Å². The monoisotopic (exact) mass is 338 g/mol. The molecule has 1 aromatic carbocycles. The molecule has 0 aliphatic carbocycles. The van der Waals surface area contributed by atoms with Crippen molar-refractivity contribution in [2.75, 3.05) is 18.5 Å². The lowest BCUT2D eigenvalue weighted by molar-refractivity contribution is 0.432. The fourth-order valence-electron chi connectivity index (χ4n) is 2.68. The van der Waals surface area contributed by atoms with Crippen LogP contribution in [0.25, 0.3) is 22.8 Å². The second-order valence-electron chi connectivity index (χ2n) is 6.25. The number of pyridine rings is 1. The molecule has 3 aromatic rings. The number of phenolic OH excluding ortho intramolecular Hbond substituents is 1. The number of anilines is 1. The van der Waals surface area contributed by atoms with Gasteiger partial charge in [0.15, 0.2) is 0 Å². The van der Waals surface area contributed by atoms with E-state index in [1.807, 2.05) is 52.1 Å². The van der Waals surface area contributed by atoms with Crippen LogP contribution >= 0.6 is 0 Å². The molecule has 0 saturated carbocycles. The van der Waals surface area contributed by atoms with Gasteiger partial charge in [-0.1, -0.05) is 5.16 Å². The van der Waals surface area contributed by atoms with Gasteiger partial charge in [0, 0.05) is 30.4 Å². The van der Waals surface area contributed by atoms with Gasteiger partial charge >= 0.3 is 0 Å². The molecule has 25 heavy (non-hydrogen) atoms. The van der Waals surface area contributed by atoms with Gasteiger partial charge in [-0.3, -0.25) is 0 Å². The van der Waals surface area contributed by atoms with Crippen molar-refractivity contribution >= 4 is 5.82 Å². The van der Waals surface area contributed by atoms with Crippen molar-refractivity contribution in [2.45, 2.75) is 27.7 Å². The van der Waals surface area contributed by atoms with E-state index >= 15 is 0 Å². The van der Waals surface area contributed by atoms with Gasteiger partial charge in [-0.15, -0.1) is 0 Å². The first-order chi connectivity index (χ1) is 11.9.